The molecule has 0 aliphatic heterocycles. The Morgan fingerprint density at radius 1 is 1.35 bits per heavy atom. The molecule has 1 aromatic carbocycles. The van der Waals surface area contributed by atoms with Gasteiger partial charge in [-0.25, -0.2) is 12.8 Å². The molecule has 0 spiro atoms. The van der Waals surface area contributed by atoms with Gasteiger partial charge in [-0.05, 0) is 23.3 Å². The van der Waals surface area contributed by atoms with Gasteiger partial charge in [-0.3, -0.25) is 0 Å². The lowest BCUT2D eigenvalue weighted by atomic mass is 10.1. The molecule has 6 heteroatoms. The van der Waals surface area contributed by atoms with Gasteiger partial charge in [0.25, 0.3) is 0 Å². The van der Waals surface area contributed by atoms with E-state index >= 15 is 0 Å². The van der Waals surface area contributed by atoms with E-state index in [1.54, 1.807) is 0 Å². The van der Waals surface area contributed by atoms with E-state index in [0.29, 0.717) is 11.1 Å². The number of halogens is 1. The zero-order valence-electron chi connectivity index (χ0n) is 9.65. The van der Waals surface area contributed by atoms with E-state index in [-0.39, 0.29) is 24.7 Å². The van der Waals surface area contributed by atoms with Gasteiger partial charge in [-0.15, -0.1) is 0 Å². The van der Waals surface area contributed by atoms with Crippen molar-refractivity contribution in [3.05, 3.63) is 35.1 Å². The summed E-state index contributed by atoms with van der Waals surface area (Å²) in [6.45, 7) is 0.272. The normalized spacial score (nSPS) is 11.7. The summed E-state index contributed by atoms with van der Waals surface area (Å²) in [4.78, 5) is 0. The van der Waals surface area contributed by atoms with Crippen molar-refractivity contribution in [2.45, 2.75) is 12.3 Å². The highest BCUT2D eigenvalue weighted by Crippen LogP contribution is 2.14. The maximum atomic E-state index is 12.9. The highest BCUT2D eigenvalue weighted by Gasteiger charge is 2.14. The average molecular weight is 261 g/mol. The smallest absolute Gasteiger partial charge is 0.156 e. The van der Waals surface area contributed by atoms with Gasteiger partial charge in [0, 0.05) is 13.7 Å². The largest absolute Gasteiger partial charge is 0.384 e. The predicted octanol–water partition coefficient (Wildman–Crippen LogP) is 0.846. The Morgan fingerprint density at radius 2 is 2.06 bits per heavy atom. The molecule has 0 atom stereocenters. The molecular formula is C11H16FNO3S. The van der Waals surface area contributed by atoms with Gasteiger partial charge in [0.15, 0.2) is 9.84 Å². The second-order valence-corrected chi connectivity index (χ2v) is 5.89. The molecule has 96 valence electrons. The van der Waals surface area contributed by atoms with E-state index in [4.69, 9.17) is 10.5 Å². The number of hydrogen-bond acceptors (Lipinski definition) is 4. The van der Waals surface area contributed by atoms with E-state index in [0.717, 1.165) is 0 Å². The number of nitrogens with two attached hydrogens (primary N) is 1. The summed E-state index contributed by atoms with van der Waals surface area (Å²) in [6, 6.07) is 3.96. The number of methoxy groups -OCH3 is 1. The number of hydrogen-bond donors (Lipinski definition) is 1. The number of rotatable bonds is 6. The monoisotopic (exact) mass is 261 g/mol. The molecule has 0 bridgehead atoms. The highest BCUT2D eigenvalue weighted by atomic mass is 32.2. The molecule has 0 amide bonds. The van der Waals surface area contributed by atoms with Crippen LogP contribution >= 0.6 is 0 Å². The number of sulfone groups is 1. The van der Waals surface area contributed by atoms with E-state index in [1.807, 2.05) is 0 Å². The van der Waals surface area contributed by atoms with E-state index < -0.39 is 15.7 Å². The maximum Gasteiger partial charge on any atom is 0.156 e. The summed E-state index contributed by atoms with van der Waals surface area (Å²) in [5.41, 5.74) is 6.52. The molecular weight excluding hydrogens is 245 g/mol. The summed E-state index contributed by atoms with van der Waals surface area (Å²) >= 11 is 0. The fraction of sp³-hybridized carbons (Fsp3) is 0.455. The fourth-order valence-electron chi connectivity index (χ4n) is 1.44. The first-order valence-electron chi connectivity index (χ1n) is 5.15. The van der Waals surface area contributed by atoms with Crippen LogP contribution in [0, 0.1) is 5.82 Å². The Labute approximate surface area is 101 Å². The van der Waals surface area contributed by atoms with Crippen molar-refractivity contribution < 1.29 is 17.5 Å². The first-order valence-corrected chi connectivity index (χ1v) is 6.97. The summed E-state index contributed by atoms with van der Waals surface area (Å²) in [6.07, 6.45) is 0. The molecule has 0 aromatic heterocycles. The topological polar surface area (TPSA) is 69.4 Å². The molecule has 17 heavy (non-hydrogen) atoms. The van der Waals surface area contributed by atoms with Crippen LogP contribution in [0.4, 0.5) is 4.39 Å². The van der Waals surface area contributed by atoms with Crippen LogP contribution in [-0.2, 0) is 26.9 Å². The maximum absolute atomic E-state index is 12.9. The van der Waals surface area contributed by atoms with Crippen molar-refractivity contribution in [1.82, 2.24) is 0 Å². The van der Waals surface area contributed by atoms with Crippen LogP contribution in [0.15, 0.2) is 18.2 Å². The summed E-state index contributed by atoms with van der Waals surface area (Å²) in [7, 11) is -1.80. The SMILES string of the molecule is COCCS(=O)(=O)Cc1ccc(F)cc1CN. The van der Waals surface area contributed by atoms with E-state index in [2.05, 4.69) is 0 Å². The van der Waals surface area contributed by atoms with Gasteiger partial charge >= 0.3 is 0 Å². The van der Waals surface area contributed by atoms with Crippen LogP contribution in [0.25, 0.3) is 0 Å². The number of ether oxygens (including phenoxy) is 1. The molecule has 0 heterocycles. The van der Waals surface area contributed by atoms with Crippen LogP contribution in [0.3, 0.4) is 0 Å². The zero-order chi connectivity index (χ0) is 12.9. The minimum Gasteiger partial charge on any atom is -0.384 e. The molecule has 1 rings (SSSR count). The third kappa shape index (κ3) is 4.41. The van der Waals surface area contributed by atoms with Crippen LogP contribution in [0.1, 0.15) is 11.1 Å². The molecule has 2 N–H and O–H groups in total. The second-order valence-electron chi connectivity index (χ2n) is 3.70. The molecule has 0 saturated heterocycles. The first-order chi connectivity index (χ1) is 7.98. The van der Waals surface area contributed by atoms with Gasteiger partial charge in [-0.1, -0.05) is 6.07 Å². The second kappa shape index (κ2) is 6.09. The third-order valence-electron chi connectivity index (χ3n) is 2.36. The van der Waals surface area contributed by atoms with Gasteiger partial charge in [-0.2, -0.15) is 0 Å². The Hall–Kier alpha value is -0.980. The Morgan fingerprint density at radius 3 is 2.65 bits per heavy atom. The van der Waals surface area contributed by atoms with Crippen molar-refractivity contribution >= 4 is 9.84 Å². The minimum atomic E-state index is -3.25. The summed E-state index contributed by atoms with van der Waals surface area (Å²) in [5.74, 6) is -0.600. The Bertz CT molecular complexity index is 474. The van der Waals surface area contributed by atoms with Crippen LogP contribution in [0.5, 0.6) is 0 Å². The van der Waals surface area contributed by atoms with Gasteiger partial charge in [0.1, 0.15) is 5.82 Å². The van der Waals surface area contributed by atoms with E-state index in [1.165, 1.54) is 25.3 Å². The quantitative estimate of drug-likeness (QED) is 0.824. The first kappa shape index (κ1) is 14.1. The molecule has 0 saturated carbocycles. The molecule has 0 aliphatic rings. The van der Waals surface area contributed by atoms with Crippen LogP contribution < -0.4 is 5.73 Å². The molecule has 4 nitrogen and oxygen atoms in total. The van der Waals surface area contributed by atoms with Crippen LogP contribution in [0.2, 0.25) is 0 Å². The van der Waals surface area contributed by atoms with Gasteiger partial charge in [0.05, 0.1) is 18.1 Å². The van der Waals surface area contributed by atoms with Crippen molar-refractivity contribution in [2.24, 2.45) is 5.73 Å². The molecule has 1 aromatic rings. The van der Waals surface area contributed by atoms with Crippen LogP contribution in [-0.4, -0.2) is 27.9 Å². The van der Waals surface area contributed by atoms with Gasteiger partial charge in [0.2, 0.25) is 0 Å². The molecule has 0 aliphatic carbocycles. The predicted molar refractivity (Wildman–Crippen MR) is 63.7 cm³/mol. The van der Waals surface area contributed by atoms with Crippen molar-refractivity contribution in [3.8, 4) is 0 Å². The highest BCUT2D eigenvalue weighted by molar-refractivity contribution is 7.90. The molecule has 0 radical (unpaired) electrons. The lowest BCUT2D eigenvalue weighted by molar-refractivity contribution is 0.217. The average Bonchev–Trinajstić information content (AvgIpc) is 2.28. The standard InChI is InChI=1S/C11H16FNO3S/c1-16-4-5-17(14,15)8-9-2-3-11(12)6-10(9)7-13/h2-3,6H,4-5,7-8,13H2,1H3. The minimum absolute atomic E-state index is 0.0507. The van der Waals surface area contributed by atoms with Crippen molar-refractivity contribution in [3.63, 3.8) is 0 Å². The van der Waals surface area contributed by atoms with Gasteiger partial charge < -0.3 is 10.5 Å². The fourth-order valence-corrected chi connectivity index (χ4v) is 2.77. The van der Waals surface area contributed by atoms with E-state index in [9.17, 15) is 12.8 Å². The lowest BCUT2D eigenvalue weighted by Crippen LogP contribution is -2.15. The Balaban J connectivity index is 2.87. The third-order valence-corrected chi connectivity index (χ3v) is 3.90. The van der Waals surface area contributed by atoms with Crippen molar-refractivity contribution in [2.75, 3.05) is 19.5 Å². The molecule has 0 unspecified atom stereocenters. The van der Waals surface area contributed by atoms with Crippen molar-refractivity contribution in [1.29, 1.82) is 0 Å². The summed E-state index contributed by atoms with van der Waals surface area (Å²) in [5, 5.41) is 0. The summed E-state index contributed by atoms with van der Waals surface area (Å²) < 4.78 is 41.1. The number of benzene rings is 1. The Kier molecular flexibility index (Phi) is 5.04. The molecule has 0 fully saturated rings. The zero-order valence-corrected chi connectivity index (χ0v) is 10.5. The lowest BCUT2D eigenvalue weighted by Gasteiger charge is -2.08.